The minimum atomic E-state index is -0.598. The van der Waals surface area contributed by atoms with Gasteiger partial charge in [0.2, 0.25) is 0 Å². The number of aryl methyl sites for hydroxylation is 1. The average Bonchev–Trinajstić information content (AvgIpc) is 3.36. The SMILES string of the molecule is CCc1nn(-c2ccc(Cl)cc2)c([O-])c1C1=C([n+]2ccccc2)C(=O)N(c2ccc(OC)cc2)C1=O. The van der Waals surface area contributed by atoms with Gasteiger partial charge in [0.15, 0.2) is 12.4 Å². The second-order valence-corrected chi connectivity index (χ2v) is 8.46. The smallest absolute Gasteiger partial charge is 0.331 e. The van der Waals surface area contributed by atoms with Crippen molar-refractivity contribution in [3.05, 3.63) is 95.4 Å². The van der Waals surface area contributed by atoms with Crippen molar-refractivity contribution >= 4 is 40.4 Å². The van der Waals surface area contributed by atoms with Crippen LogP contribution in [0.3, 0.4) is 0 Å². The van der Waals surface area contributed by atoms with Crippen molar-refractivity contribution in [2.24, 2.45) is 0 Å². The number of anilines is 1. The van der Waals surface area contributed by atoms with Crippen LogP contribution in [0.5, 0.6) is 11.6 Å². The summed E-state index contributed by atoms with van der Waals surface area (Å²) in [4.78, 5) is 28.7. The summed E-state index contributed by atoms with van der Waals surface area (Å²) in [5.41, 5.74) is 1.48. The number of imide groups is 1. The van der Waals surface area contributed by atoms with E-state index in [1.54, 1.807) is 83.7 Å². The Bertz CT molecular complexity index is 1490. The molecule has 1 aliphatic rings. The van der Waals surface area contributed by atoms with Crippen LogP contribution in [0.2, 0.25) is 5.02 Å². The summed E-state index contributed by atoms with van der Waals surface area (Å²) in [6, 6.07) is 18.5. The van der Waals surface area contributed by atoms with E-state index in [1.165, 1.54) is 11.8 Å². The molecule has 0 aliphatic carbocycles. The van der Waals surface area contributed by atoms with Crippen LogP contribution in [-0.2, 0) is 16.0 Å². The number of hydrogen-bond donors (Lipinski definition) is 0. The van der Waals surface area contributed by atoms with Gasteiger partial charge in [0.1, 0.15) is 11.3 Å². The molecular formula is C27H21ClN4O4. The molecule has 9 heteroatoms. The Morgan fingerprint density at radius 1 is 0.944 bits per heavy atom. The molecule has 0 spiro atoms. The fourth-order valence-electron chi connectivity index (χ4n) is 4.20. The number of amides is 2. The summed E-state index contributed by atoms with van der Waals surface area (Å²) in [5, 5.41) is 18.7. The number of aromatic nitrogens is 3. The first kappa shape index (κ1) is 23.3. The Balaban J connectivity index is 1.72. The van der Waals surface area contributed by atoms with E-state index in [1.807, 2.05) is 6.92 Å². The number of methoxy groups -OCH3 is 1. The van der Waals surface area contributed by atoms with Crippen LogP contribution in [0.25, 0.3) is 17.0 Å². The second kappa shape index (κ2) is 9.31. The van der Waals surface area contributed by atoms with Gasteiger partial charge >= 0.3 is 5.91 Å². The first-order valence-corrected chi connectivity index (χ1v) is 11.6. The third kappa shape index (κ3) is 3.81. The highest BCUT2D eigenvalue weighted by Gasteiger charge is 2.47. The van der Waals surface area contributed by atoms with Crippen LogP contribution in [-0.4, -0.2) is 28.7 Å². The number of benzene rings is 2. The van der Waals surface area contributed by atoms with Gasteiger partial charge in [-0.15, -0.1) is 0 Å². The van der Waals surface area contributed by atoms with Crippen molar-refractivity contribution < 1.29 is 24.0 Å². The molecule has 0 unspecified atom stereocenters. The van der Waals surface area contributed by atoms with E-state index in [0.717, 1.165) is 4.90 Å². The van der Waals surface area contributed by atoms with Crippen LogP contribution < -0.4 is 19.3 Å². The molecule has 2 aromatic carbocycles. The van der Waals surface area contributed by atoms with Gasteiger partial charge in [-0.25, -0.2) is 9.58 Å². The van der Waals surface area contributed by atoms with E-state index in [0.29, 0.717) is 34.3 Å². The van der Waals surface area contributed by atoms with Crippen molar-refractivity contribution in [1.82, 2.24) is 9.78 Å². The largest absolute Gasteiger partial charge is 0.858 e. The quantitative estimate of drug-likeness (QED) is 0.299. The molecular weight excluding hydrogens is 480 g/mol. The van der Waals surface area contributed by atoms with Gasteiger partial charge in [-0.3, -0.25) is 9.59 Å². The van der Waals surface area contributed by atoms with E-state index < -0.39 is 17.7 Å². The van der Waals surface area contributed by atoms with Gasteiger partial charge in [-0.2, -0.15) is 9.67 Å². The van der Waals surface area contributed by atoms with Crippen molar-refractivity contribution in [1.29, 1.82) is 0 Å². The first-order chi connectivity index (χ1) is 17.4. The molecule has 5 rings (SSSR count). The number of carbonyl (C=O) groups excluding carboxylic acids is 2. The minimum Gasteiger partial charge on any atom is -0.858 e. The Labute approximate surface area is 212 Å². The monoisotopic (exact) mass is 500 g/mol. The number of hydrogen-bond acceptors (Lipinski definition) is 5. The van der Waals surface area contributed by atoms with Crippen LogP contribution in [0, 0.1) is 0 Å². The molecule has 36 heavy (non-hydrogen) atoms. The number of rotatable bonds is 6. The van der Waals surface area contributed by atoms with Gasteiger partial charge in [-0.05, 0) is 60.8 Å². The second-order valence-electron chi connectivity index (χ2n) is 8.02. The highest BCUT2D eigenvalue weighted by Crippen LogP contribution is 2.39. The number of nitrogens with zero attached hydrogens (tertiary/aromatic N) is 4. The van der Waals surface area contributed by atoms with Crippen LogP contribution >= 0.6 is 11.6 Å². The lowest BCUT2D eigenvalue weighted by atomic mass is 10.0. The fourth-order valence-corrected chi connectivity index (χ4v) is 4.32. The van der Waals surface area contributed by atoms with Gasteiger partial charge in [0, 0.05) is 22.7 Å². The summed E-state index contributed by atoms with van der Waals surface area (Å²) in [5.74, 6) is -1.05. The van der Waals surface area contributed by atoms with E-state index in [-0.39, 0.29) is 16.8 Å². The summed E-state index contributed by atoms with van der Waals surface area (Å²) < 4.78 is 7.99. The van der Waals surface area contributed by atoms with Crippen LogP contribution in [0.4, 0.5) is 5.69 Å². The zero-order valence-corrected chi connectivity index (χ0v) is 20.3. The third-order valence-corrected chi connectivity index (χ3v) is 6.19. The van der Waals surface area contributed by atoms with Crippen molar-refractivity contribution in [3.8, 4) is 17.3 Å². The number of pyridine rings is 1. The molecule has 2 amide bonds. The maximum absolute atomic E-state index is 13.9. The molecule has 0 N–H and O–H groups in total. The van der Waals surface area contributed by atoms with Crippen LogP contribution in [0.15, 0.2) is 79.1 Å². The maximum atomic E-state index is 13.9. The van der Waals surface area contributed by atoms with Gasteiger partial charge < -0.3 is 9.84 Å². The molecule has 180 valence electrons. The summed E-state index contributed by atoms with van der Waals surface area (Å²) in [6.07, 6.45) is 3.71. The predicted octanol–water partition coefficient (Wildman–Crippen LogP) is 3.40. The summed E-state index contributed by atoms with van der Waals surface area (Å²) >= 11 is 6.01. The molecule has 4 aromatic rings. The molecule has 0 radical (unpaired) electrons. The minimum absolute atomic E-state index is 0.00841. The molecule has 0 bridgehead atoms. The van der Waals surface area contributed by atoms with E-state index >= 15 is 0 Å². The zero-order valence-electron chi connectivity index (χ0n) is 19.5. The third-order valence-electron chi connectivity index (χ3n) is 5.94. The van der Waals surface area contributed by atoms with Gasteiger partial charge in [-0.1, -0.05) is 24.6 Å². The Hall–Kier alpha value is -4.43. The normalized spacial score (nSPS) is 13.6. The highest BCUT2D eigenvalue weighted by atomic mass is 35.5. The molecule has 0 atom stereocenters. The lowest BCUT2D eigenvalue weighted by molar-refractivity contribution is -0.576. The predicted molar refractivity (Wildman–Crippen MR) is 133 cm³/mol. The van der Waals surface area contributed by atoms with E-state index in [2.05, 4.69) is 5.10 Å². The molecule has 1 aliphatic heterocycles. The Kier molecular flexibility index (Phi) is 6.03. The number of ether oxygens (including phenoxy) is 1. The zero-order chi connectivity index (χ0) is 25.4. The summed E-state index contributed by atoms with van der Waals surface area (Å²) in [6.45, 7) is 1.84. The molecule has 0 saturated carbocycles. The standard InChI is InChI=1S/C27H21ClN4O4/c1-3-21-22(26(34)32(29-21)19-9-7-17(28)8-10-19)23-24(30-15-5-4-6-16-30)27(35)31(25(23)33)18-11-13-20(36-2)14-12-18/h4-16H,3H2,1-2H3. The molecule has 2 aromatic heterocycles. The number of halogens is 1. The van der Waals surface area contributed by atoms with Gasteiger partial charge in [0.25, 0.3) is 11.6 Å². The Morgan fingerprint density at radius 3 is 2.19 bits per heavy atom. The van der Waals surface area contributed by atoms with E-state index in [4.69, 9.17) is 16.3 Å². The molecule has 8 nitrogen and oxygen atoms in total. The van der Waals surface area contributed by atoms with Gasteiger partial charge in [0.05, 0.1) is 24.2 Å². The first-order valence-electron chi connectivity index (χ1n) is 11.2. The highest BCUT2D eigenvalue weighted by molar-refractivity contribution is 6.53. The lowest BCUT2D eigenvalue weighted by Crippen LogP contribution is -2.39. The summed E-state index contributed by atoms with van der Waals surface area (Å²) in [7, 11) is 1.53. The average molecular weight is 501 g/mol. The van der Waals surface area contributed by atoms with Crippen molar-refractivity contribution in [2.75, 3.05) is 12.0 Å². The van der Waals surface area contributed by atoms with Crippen molar-refractivity contribution in [2.45, 2.75) is 13.3 Å². The lowest BCUT2D eigenvalue weighted by Gasteiger charge is -2.16. The molecule has 3 heterocycles. The molecule has 0 fully saturated rings. The van der Waals surface area contributed by atoms with Crippen LogP contribution in [0.1, 0.15) is 18.2 Å². The van der Waals surface area contributed by atoms with Crippen molar-refractivity contribution in [3.63, 3.8) is 0 Å². The number of carbonyl (C=O) groups is 2. The fraction of sp³-hybridized carbons (Fsp3) is 0.111. The van der Waals surface area contributed by atoms with E-state index in [9.17, 15) is 14.7 Å². The molecule has 0 saturated heterocycles. The maximum Gasteiger partial charge on any atom is 0.331 e. The topological polar surface area (TPSA) is 91.4 Å². The Morgan fingerprint density at radius 2 is 1.58 bits per heavy atom.